The molecule has 1 aliphatic heterocycles. The number of pyridine rings is 1. The topological polar surface area (TPSA) is 101 Å². The molecule has 7 nitrogen and oxygen atoms in total. The maximum atomic E-state index is 13.3. The van der Waals surface area contributed by atoms with Crippen LogP contribution < -0.4 is 4.90 Å². The number of sulfone groups is 2. The summed E-state index contributed by atoms with van der Waals surface area (Å²) in [5.74, 6) is -2.45. The standard InChI is InChI=1S/C21H20F6N2O5S2/c1-19(2,36(33,34)15-6-4-5-12(7-15)20(22,23)24)14-9-17(30)29(11-14)18-16(35(3,31)32)8-13(10-28-18)21(25,26)27/h4-8,10,14H,9,11H2,1-3H3/t14-/m0/s1. The molecule has 0 unspecified atom stereocenters. The molecule has 0 saturated carbocycles. The average molecular weight is 559 g/mol. The van der Waals surface area contributed by atoms with E-state index in [4.69, 9.17) is 0 Å². The number of aromatic nitrogens is 1. The highest BCUT2D eigenvalue weighted by atomic mass is 32.2. The molecule has 1 saturated heterocycles. The normalized spacial score (nSPS) is 18.1. The summed E-state index contributed by atoms with van der Waals surface area (Å²) in [6.07, 6.45) is -9.18. The zero-order chi connectivity index (χ0) is 27.5. The van der Waals surface area contributed by atoms with Gasteiger partial charge in [-0.15, -0.1) is 0 Å². The Hall–Kier alpha value is -2.68. The van der Waals surface area contributed by atoms with Crippen LogP contribution in [-0.4, -0.2) is 45.3 Å². The van der Waals surface area contributed by atoms with Gasteiger partial charge >= 0.3 is 12.4 Å². The predicted molar refractivity (Wildman–Crippen MR) is 116 cm³/mol. The Morgan fingerprint density at radius 1 is 0.944 bits per heavy atom. The van der Waals surface area contributed by atoms with Crippen LogP contribution in [0.1, 0.15) is 31.4 Å². The van der Waals surface area contributed by atoms with Gasteiger partial charge in [0, 0.05) is 31.3 Å². The van der Waals surface area contributed by atoms with E-state index in [2.05, 4.69) is 4.98 Å². The summed E-state index contributed by atoms with van der Waals surface area (Å²) in [4.78, 5) is 15.6. The van der Waals surface area contributed by atoms with Gasteiger partial charge in [0.2, 0.25) is 5.91 Å². The van der Waals surface area contributed by atoms with E-state index in [0.717, 1.165) is 17.0 Å². The lowest BCUT2D eigenvalue weighted by Crippen LogP contribution is -2.41. The first kappa shape index (κ1) is 27.9. The third-order valence-corrected chi connectivity index (χ3v) is 9.78. The predicted octanol–water partition coefficient (Wildman–Crippen LogP) is 4.13. The van der Waals surface area contributed by atoms with E-state index in [-0.39, 0.29) is 0 Å². The Morgan fingerprint density at radius 2 is 1.53 bits per heavy atom. The monoisotopic (exact) mass is 558 g/mol. The number of amides is 1. The third-order valence-electron chi connectivity index (χ3n) is 6.09. The largest absolute Gasteiger partial charge is 0.417 e. The summed E-state index contributed by atoms with van der Waals surface area (Å²) in [7, 11) is -8.77. The lowest BCUT2D eigenvalue weighted by atomic mass is 9.94. The average Bonchev–Trinajstić information content (AvgIpc) is 3.13. The van der Waals surface area contributed by atoms with Crippen molar-refractivity contribution in [2.45, 2.75) is 47.2 Å². The van der Waals surface area contributed by atoms with E-state index in [1.165, 1.54) is 13.8 Å². The van der Waals surface area contributed by atoms with Crippen LogP contribution >= 0.6 is 0 Å². The van der Waals surface area contributed by atoms with Crippen LogP contribution in [0.4, 0.5) is 32.2 Å². The molecule has 15 heteroatoms. The van der Waals surface area contributed by atoms with E-state index < -0.39 is 88.3 Å². The minimum atomic E-state index is -4.91. The van der Waals surface area contributed by atoms with E-state index in [1.807, 2.05) is 0 Å². The van der Waals surface area contributed by atoms with Gasteiger partial charge in [0.15, 0.2) is 25.5 Å². The van der Waals surface area contributed by atoms with Gasteiger partial charge in [-0.1, -0.05) is 6.07 Å². The van der Waals surface area contributed by atoms with E-state index in [0.29, 0.717) is 30.7 Å². The number of carbonyl (C=O) groups is 1. The fourth-order valence-electron chi connectivity index (χ4n) is 3.81. The number of benzene rings is 1. The van der Waals surface area contributed by atoms with Crippen molar-refractivity contribution >= 4 is 31.4 Å². The summed E-state index contributed by atoms with van der Waals surface area (Å²) in [6, 6.07) is 3.44. The number of anilines is 1. The first-order valence-electron chi connectivity index (χ1n) is 10.2. The SMILES string of the molecule is CC(C)([C@H]1CC(=O)N(c2ncc(C(F)(F)F)cc2S(C)(=O)=O)C1)S(=O)(=O)c1cccc(C(F)(F)F)c1. The van der Waals surface area contributed by atoms with Crippen molar-refractivity contribution in [1.82, 2.24) is 4.98 Å². The first-order chi connectivity index (χ1) is 16.2. The number of nitrogens with zero attached hydrogens (tertiary/aromatic N) is 2. The van der Waals surface area contributed by atoms with E-state index in [9.17, 15) is 48.0 Å². The Balaban J connectivity index is 2.02. The van der Waals surface area contributed by atoms with Crippen molar-refractivity contribution in [2.24, 2.45) is 5.92 Å². The Kier molecular flexibility index (Phi) is 6.75. The number of halogens is 6. The molecule has 0 aliphatic carbocycles. The van der Waals surface area contributed by atoms with Crippen molar-refractivity contribution in [2.75, 3.05) is 17.7 Å². The molecule has 0 spiro atoms. The fraction of sp³-hybridized carbons (Fsp3) is 0.429. The number of alkyl halides is 6. The summed E-state index contributed by atoms with van der Waals surface area (Å²) < 4.78 is 128. The fourth-order valence-corrected chi connectivity index (χ4v) is 6.39. The van der Waals surface area contributed by atoms with Crippen LogP contribution in [0.2, 0.25) is 0 Å². The highest BCUT2D eigenvalue weighted by Crippen LogP contribution is 2.42. The molecular formula is C21H20F6N2O5S2. The van der Waals surface area contributed by atoms with Gasteiger partial charge in [0.05, 0.1) is 20.8 Å². The molecule has 2 aromatic rings. The van der Waals surface area contributed by atoms with Gasteiger partial charge in [-0.05, 0) is 38.1 Å². The second kappa shape index (κ2) is 8.71. The maximum Gasteiger partial charge on any atom is 0.417 e. The number of carbonyl (C=O) groups excluding carboxylic acids is 1. The molecule has 1 aromatic heterocycles. The van der Waals surface area contributed by atoms with Gasteiger partial charge in [-0.2, -0.15) is 26.3 Å². The smallest absolute Gasteiger partial charge is 0.295 e. The van der Waals surface area contributed by atoms with Gasteiger partial charge < -0.3 is 0 Å². The zero-order valence-corrected chi connectivity index (χ0v) is 20.6. The van der Waals surface area contributed by atoms with Gasteiger partial charge in [0.1, 0.15) is 4.90 Å². The van der Waals surface area contributed by atoms with Gasteiger partial charge in [0.25, 0.3) is 0 Å². The molecule has 1 aliphatic rings. The highest BCUT2D eigenvalue weighted by Gasteiger charge is 2.49. The number of hydrogen-bond acceptors (Lipinski definition) is 6. The number of hydrogen-bond donors (Lipinski definition) is 0. The third kappa shape index (κ3) is 5.08. The molecule has 2 heterocycles. The highest BCUT2D eigenvalue weighted by molar-refractivity contribution is 7.92. The lowest BCUT2D eigenvalue weighted by Gasteiger charge is -2.31. The minimum absolute atomic E-state index is 0.336. The summed E-state index contributed by atoms with van der Waals surface area (Å²) >= 11 is 0. The van der Waals surface area contributed by atoms with Crippen molar-refractivity contribution in [3.63, 3.8) is 0 Å². The van der Waals surface area contributed by atoms with Gasteiger partial charge in [-0.3, -0.25) is 9.69 Å². The van der Waals surface area contributed by atoms with Gasteiger partial charge in [-0.25, -0.2) is 21.8 Å². The molecule has 1 atom stereocenters. The first-order valence-corrected chi connectivity index (χ1v) is 13.5. The molecule has 198 valence electrons. The molecule has 0 N–H and O–H groups in total. The molecule has 3 rings (SSSR count). The van der Waals surface area contributed by atoms with Crippen molar-refractivity contribution < 1.29 is 48.0 Å². The zero-order valence-electron chi connectivity index (χ0n) is 19.0. The second-order valence-electron chi connectivity index (χ2n) is 8.85. The van der Waals surface area contributed by atoms with Crippen molar-refractivity contribution in [3.05, 3.63) is 47.7 Å². The van der Waals surface area contributed by atoms with Crippen LogP contribution in [0, 0.1) is 5.92 Å². The van der Waals surface area contributed by atoms with Crippen LogP contribution in [0.25, 0.3) is 0 Å². The second-order valence-corrected chi connectivity index (χ2v) is 13.4. The molecule has 1 fully saturated rings. The summed E-state index contributed by atoms with van der Waals surface area (Å²) in [6.45, 7) is 1.98. The molecular weight excluding hydrogens is 538 g/mol. The summed E-state index contributed by atoms with van der Waals surface area (Å²) in [5.41, 5.74) is -2.54. The van der Waals surface area contributed by atoms with Crippen molar-refractivity contribution in [1.29, 1.82) is 0 Å². The van der Waals surface area contributed by atoms with E-state index >= 15 is 0 Å². The van der Waals surface area contributed by atoms with Crippen LogP contribution in [0.3, 0.4) is 0 Å². The Bertz CT molecular complexity index is 1420. The maximum absolute atomic E-state index is 13.3. The van der Waals surface area contributed by atoms with Crippen LogP contribution in [0.15, 0.2) is 46.3 Å². The number of rotatable bonds is 5. The molecule has 0 bridgehead atoms. The quantitative estimate of drug-likeness (QED) is 0.512. The molecule has 0 radical (unpaired) electrons. The van der Waals surface area contributed by atoms with Crippen LogP contribution in [0.5, 0.6) is 0 Å². The molecule has 1 aromatic carbocycles. The van der Waals surface area contributed by atoms with Crippen LogP contribution in [-0.2, 0) is 36.8 Å². The van der Waals surface area contributed by atoms with Crippen molar-refractivity contribution in [3.8, 4) is 0 Å². The lowest BCUT2D eigenvalue weighted by molar-refractivity contribution is -0.138. The minimum Gasteiger partial charge on any atom is -0.295 e. The van der Waals surface area contributed by atoms with E-state index in [1.54, 1.807) is 0 Å². The summed E-state index contributed by atoms with van der Waals surface area (Å²) in [5, 5.41) is 0. The molecule has 36 heavy (non-hydrogen) atoms. The Labute approximate surface area is 203 Å². The Morgan fingerprint density at radius 3 is 2.06 bits per heavy atom. The molecule has 1 amide bonds.